The van der Waals surface area contributed by atoms with Gasteiger partial charge in [-0.05, 0) is 26.3 Å². The minimum absolute atomic E-state index is 0.0217. The van der Waals surface area contributed by atoms with Crippen molar-refractivity contribution >= 4 is 11.5 Å². The normalized spacial score (nSPS) is 18.3. The summed E-state index contributed by atoms with van der Waals surface area (Å²) in [6, 6.07) is 3.33. The lowest BCUT2D eigenvalue weighted by Gasteiger charge is -2.30. The van der Waals surface area contributed by atoms with E-state index in [4.69, 9.17) is 4.74 Å². The second-order valence-electron chi connectivity index (χ2n) is 5.14. The van der Waals surface area contributed by atoms with Gasteiger partial charge in [-0.2, -0.15) is 4.98 Å². The van der Waals surface area contributed by atoms with Crippen molar-refractivity contribution in [3.8, 4) is 5.88 Å². The Balaban J connectivity index is 2.24. The van der Waals surface area contributed by atoms with E-state index >= 15 is 0 Å². The fourth-order valence-electron chi connectivity index (χ4n) is 2.62. The summed E-state index contributed by atoms with van der Waals surface area (Å²) >= 11 is 0. The summed E-state index contributed by atoms with van der Waals surface area (Å²) in [5.41, 5.74) is 0.0217. The number of aromatic nitrogens is 1. The molecule has 0 bridgehead atoms. The van der Waals surface area contributed by atoms with Gasteiger partial charge in [0.05, 0.1) is 12.0 Å². The summed E-state index contributed by atoms with van der Waals surface area (Å²) in [5.74, 6) is 0.778. The molecule has 0 radical (unpaired) electrons. The van der Waals surface area contributed by atoms with Crippen LogP contribution in [0.1, 0.15) is 26.2 Å². The molecule has 21 heavy (non-hydrogen) atoms. The first-order chi connectivity index (χ1) is 10.2. The third kappa shape index (κ3) is 3.81. The van der Waals surface area contributed by atoms with Crippen molar-refractivity contribution in [1.82, 2.24) is 10.3 Å². The Hall–Kier alpha value is -1.89. The average Bonchev–Trinajstić information content (AvgIpc) is 2.52. The number of pyridine rings is 1. The predicted octanol–water partition coefficient (Wildman–Crippen LogP) is 1.97. The molecule has 1 aromatic rings. The maximum absolute atomic E-state index is 11.2. The Labute approximate surface area is 124 Å². The van der Waals surface area contributed by atoms with E-state index in [1.54, 1.807) is 0 Å². The minimum atomic E-state index is -0.390. The van der Waals surface area contributed by atoms with Gasteiger partial charge in [0.2, 0.25) is 11.7 Å². The molecule has 1 N–H and O–H groups in total. The van der Waals surface area contributed by atoms with Gasteiger partial charge in [0.1, 0.15) is 0 Å². The maximum atomic E-state index is 11.2. The van der Waals surface area contributed by atoms with E-state index in [-0.39, 0.29) is 5.69 Å². The SMILES string of the molecule is CCN(CC1CCCCN1)c1nc(OC)ccc1[N+](=O)[O-]. The van der Waals surface area contributed by atoms with Gasteiger partial charge in [0, 0.05) is 31.3 Å². The van der Waals surface area contributed by atoms with Crippen LogP contribution in [0.2, 0.25) is 0 Å². The van der Waals surface area contributed by atoms with Crippen molar-refractivity contribution in [2.45, 2.75) is 32.2 Å². The number of piperidine rings is 1. The molecular formula is C14H22N4O3. The number of likely N-dealkylation sites (N-methyl/N-ethyl adjacent to an activating group) is 1. The third-order valence-corrected chi connectivity index (χ3v) is 3.77. The summed E-state index contributed by atoms with van der Waals surface area (Å²) in [5, 5.41) is 14.7. The number of rotatable bonds is 6. The van der Waals surface area contributed by atoms with Gasteiger partial charge in [-0.3, -0.25) is 10.1 Å². The van der Waals surface area contributed by atoms with Crippen LogP contribution in [0, 0.1) is 10.1 Å². The Kier molecular flexibility index (Phi) is 5.32. The standard InChI is InChI=1S/C14H22N4O3/c1-3-17(10-11-6-4-5-9-15-11)14-12(18(19)20)7-8-13(16-14)21-2/h7-8,11,15H,3-6,9-10H2,1-2H3. The predicted molar refractivity (Wildman–Crippen MR) is 81.0 cm³/mol. The lowest BCUT2D eigenvalue weighted by Crippen LogP contribution is -2.44. The highest BCUT2D eigenvalue weighted by atomic mass is 16.6. The zero-order chi connectivity index (χ0) is 15.2. The van der Waals surface area contributed by atoms with Crippen LogP contribution in [0.4, 0.5) is 11.5 Å². The second-order valence-corrected chi connectivity index (χ2v) is 5.14. The molecule has 2 rings (SSSR count). The van der Waals surface area contributed by atoms with Crippen molar-refractivity contribution in [1.29, 1.82) is 0 Å². The average molecular weight is 294 g/mol. The van der Waals surface area contributed by atoms with Gasteiger partial charge in [0.15, 0.2) is 0 Å². The number of nitro groups is 1. The number of nitrogens with zero attached hydrogens (tertiary/aromatic N) is 3. The Morgan fingerprint density at radius 1 is 1.52 bits per heavy atom. The number of hydrogen-bond acceptors (Lipinski definition) is 6. The lowest BCUT2D eigenvalue weighted by atomic mass is 10.0. The number of methoxy groups -OCH3 is 1. The van der Waals surface area contributed by atoms with Crippen LogP contribution in [-0.2, 0) is 0 Å². The summed E-state index contributed by atoms with van der Waals surface area (Å²) in [4.78, 5) is 17.1. The molecule has 0 aromatic carbocycles. The fraction of sp³-hybridized carbons (Fsp3) is 0.643. The van der Waals surface area contributed by atoms with E-state index < -0.39 is 4.92 Å². The molecule has 1 aliphatic heterocycles. The number of anilines is 1. The number of ether oxygens (including phenoxy) is 1. The lowest BCUT2D eigenvalue weighted by molar-refractivity contribution is -0.384. The van der Waals surface area contributed by atoms with Crippen LogP contribution < -0.4 is 15.0 Å². The molecule has 2 heterocycles. The first-order valence-electron chi connectivity index (χ1n) is 7.33. The van der Waals surface area contributed by atoms with Crippen LogP contribution in [0.25, 0.3) is 0 Å². The zero-order valence-electron chi connectivity index (χ0n) is 12.5. The van der Waals surface area contributed by atoms with Gasteiger partial charge in [-0.25, -0.2) is 0 Å². The van der Waals surface area contributed by atoms with Crippen molar-refractivity contribution in [2.24, 2.45) is 0 Å². The molecule has 1 aromatic heterocycles. The van der Waals surface area contributed by atoms with Crippen LogP contribution in [0.5, 0.6) is 5.88 Å². The maximum Gasteiger partial charge on any atom is 0.311 e. The van der Waals surface area contributed by atoms with E-state index in [2.05, 4.69) is 10.3 Å². The molecule has 1 atom stereocenters. The Morgan fingerprint density at radius 2 is 2.33 bits per heavy atom. The van der Waals surface area contributed by atoms with E-state index in [1.165, 1.54) is 32.1 Å². The van der Waals surface area contributed by atoms with Crippen molar-refractivity contribution < 1.29 is 9.66 Å². The molecule has 1 saturated heterocycles. The summed E-state index contributed by atoms with van der Waals surface area (Å²) in [6.45, 7) is 4.38. The van der Waals surface area contributed by atoms with E-state index in [0.717, 1.165) is 19.5 Å². The summed E-state index contributed by atoms with van der Waals surface area (Å²) < 4.78 is 5.10. The van der Waals surface area contributed by atoms with E-state index in [9.17, 15) is 10.1 Å². The first kappa shape index (κ1) is 15.5. The smallest absolute Gasteiger partial charge is 0.311 e. The molecule has 0 saturated carbocycles. The number of nitrogens with one attached hydrogen (secondary N) is 1. The summed E-state index contributed by atoms with van der Waals surface area (Å²) in [7, 11) is 1.51. The topological polar surface area (TPSA) is 80.5 Å². The Bertz CT molecular complexity index is 489. The highest BCUT2D eigenvalue weighted by molar-refractivity contribution is 5.59. The molecule has 7 heteroatoms. The Morgan fingerprint density at radius 3 is 2.90 bits per heavy atom. The molecule has 116 valence electrons. The largest absolute Gasteiger partial charge is 0.481 e. The second kappa shape index (κ2) is 7.21. The minimum Gasteiger partial charge on any atom is -0.481 e. The third-order valence-electron chi connectivity index (χ3n) is 3.77. The molecule has 0 spiro atoms. The van der Waals surface area contributed by atoms with Crippen molar-refractivity contribution in [3.05, 3.63) is 22.2 Å². The zero-order valence-corrected chi connectivity index (χ0v) is 12.5. The monoisotopic (exact) mass is 294 g/mol. The molecule has 1 aliphatic rings. The van der Waals surface area contributed by atoms with Crippen molar-refractivity contribution in [2.75, 3.05) is 31.6 Å². The van der Waals surface area contributed by atoms with Crippen LogP contribution in [-0.4, -0.2) is 42.7 Å². The molecular weight excluding hydrogens is 272 g/mol. The first-order valence-corrected chi connectivity index (χ1v) is 7.33. The molecule has 1 unspecified atom stereocenters. The summed E-state index contributed by atoms with van der Waals surface area (Å²) in [6.07, 6.45) is 3.48. The van der Waals surface area contributed by atoms with Gasteiger partial charge >= 0.3 is 5.69 Å². The van der Waals surface area contributed by atoms with Crippen molar-refractivity contribution in [3.63, 3.8) is 0 Å². The van der Waals surface area contributed by atoms with Gasteiger partial charge in [-0.1, -0.05) is 6.42 Å². The molecule has 1 fully saturated rings. The molecule has 0 aliphatic carbocycles. The van der Waals surface area contributed by atoms with Gasteiger partial charge in [0.25, 0.3) is 0 Å². The van der Waals surface area contributed by atoms with E-state index in [0.29, 0.717) is 24.3 Å². The van der Waals surface area contributed by atoms with E-state index in [1.807, 2.05) is 11.8 Å². The van der Waals surface area contributed by atoms with Crippen LogP contribution in [0.15, 0.2) is 12.1 Å². The number of hydrogen-bond donors (Lipinski definition) is 1. The molecule has 7 nitrogen and oxygen atoms in total. The van der Waals surface area contributed by atoms with Crippen LogP contribution >= 0.6 is 0 Å². The van der Waals surface area contributed by atoms with Gasteiger partial charge < -0.3 is 15.0 Å². The van der Waals surface area contributed by atoms with Crippen LogP contribution in [0.3, 0.4) is 0 Å². The highest BCUT2D eigenvalue weighted by Crippen LogP contribution is 2.28. The quantitative estimate of drug-likeness (QED) is 0.638. The fourth-order valence-corrected chi connectivity index (χ4v) is 2.62. The molecule has 0 amide bonds. The highest BCUT2D eigenvalue weighted by Gasteiger charge is 2.24. The van der Waals surface area contributed by atoms with Gasteiger partial charge in [-0.15, -0.1) is 0 Å².